The van der Waals surface area contributed by atoms with Gasteiger partial charge in [-0.1, -0.05) is 64.7 Å². The van der Waals surface area contributed by atoms with Gasteiger partial charge in [-0.2, -0.15) is 0 Å². The highest BCUT2D eigenvalue weighted by atomic mass is 31.2. The minimum absolute atomic E-state index is 0.0620. The van der Waals surface area contributed by atoms with Gasteiger partial charge >= 0.3 is 7.67 Å². The van der Waals surface area contributed by atoms with Gasteiger partial charge in [0.15, 0.2) is 0 Å². The number of hydrogen-bond acceptors (Lipinski definition) is 3. The minimum Gasteiger partial charge on any atom is -0.379 e. The van der Waals surface area contributed by atoms with Crippen LogP contribution in [-0.2, 0) is 14.0 Å². The molecule has 2 heterocycles. The van der Waals surface area contributed by atoms with Crippen LogP contribution in [0.25, 0.3) is 0 Å². The van der Waals surface area contributed by atoms with Gasteiger partial charge < -0.3 is 14.4 Å². The van der Waals surface area contributed by atoms with Crippen molar-refractivity contribution in [3.63, 3.8) is 0 Å². The summed E-state index contributed by atoms with van der Waals surface area (Å²) < 4.78 is 27.6. The van der Waals surface area contributed by atoms with Gasteiger partial charge in [0.05, 0.1) is 26.4 Å². The molecule has 2 aliphatic heterocycles. The molecule has 0 bridgehead atoms. The maximum atomic E-state index is 13.1. The molecule has 1 N–H and O–H groups in total. The number of rotatable bonds is 12. The second-order valence-corrected chi connectivity index (χ2v) is 9.69. The van der Waals surface area contributed by atoms with Crippen molar-refractivity contribution in [1.29, 1.82) is 0 Å². The van der Waals surface area contributed by atoms with Crippen LogP contribution >= 0.6 is 7.67 Å². The molecule has 0 saturated carbocycles. The topological polar surface area (TPSA) is 62.2 Å². The van der Waals surface area contributed by atoms with Crippen LogP contribution < -0.4 is 0 Å². The molecule has 0 aromatic carbocycles. The number of morpholine rings is 2. The summed E-state index contributed by atoms with van der Waals surface area (Å²) >= 11 is 0. The summed E-state index contributed by atoms with van der Waals surface area (Å²) in [6, 6.07) is 0.0620. The molecule has 2 fully saturated rings. The fourth-order valence-electron chi connectivity index (χ4n) is 3.89. The van der Waals surface area contributed by atoms with Crippen LogP contribution in [0.15, 0.2) is 0 Å². The Balaban J connectivity index is 1.68. The molecule has 6 nitrogen and oxygen atoms in total. The van der Waals surface area contributed by atoms with Crippen LogP contribution in [0.2, 0.25) is 0 Å². The van der Waals surface area contributed by atoms with E-state index in [1.165, 1.54) is 51.4 Å². The Bertz CT molecular complexity index is 418. The molecule has 154 valence electrons. The predicted octanol–water partition coefficient (Wildman–Crippen LogP) is 4.04. The fraction of sp³-hybridized carbons (Fsp3) is 1.00. The van der Waals surface area contributed by atoms with Gasteiger partial charge in [-0.15, -0.1) is 0 Å². The van der Waals surface area contributed by atoms with Crippen molar-refractivity contribution in [1.82, 2.24) is 9.34 Å². The van der Waals surface area contributed by atoms with Crippen molar-refractivity contribution in [3.8, 4) is 0 Å². The molecule has 2 unspecified atom stereocenters. The highest BCUT2D eigenvalue weighted by Crippen LogP contribution is 2.51. The number of unbranched alkanes of at least 4 members (excludes halogenated alkanes) is 8. The monoisotopic (exact) mass is 390 g/mol. The van der Waals surface area contributed by atoms with E-state index in [4.69, 9.17) is 9.47 Å². The van der Waals surface area contributed by atoms with E-state index in [-0.39, 0.29) is 6.04 Å². The van der Waals surface area contributed by atoms with Gasteiger partial charge in [0.1, 0.15) is 0 Å². The van der Waals surface area contributed by atoms with E-state index in [0.29, 0.717) is 46.1 Å². The quantitative estimate of drug-likeness (QED) is 0.401. The zero-order chi connectivity index (χ0) is 18.7. The van der Waals surface area contributed by atoms with E-state index in [2.05, 4.69) is 6.92 Å². The average Bonchev–Trinajstić information content (AvgIpc) is 2.67. The summed E-state index contributed by atoms with van der Waals surface area (Å²) in [6.45, 7) is 6.08. The highest BCUT2D eigenvalue weighted by molar-refractivity contribution is 7.52. The molecular formula is C19H39N2O4P. The van der Waals surface area contributed by atoms with E-state index in [1.54, 1.807) is 4.67 Å². The first-order chi connectivity index (χ1) is 12.7. The van der Waals surface area contributed by atoms with Gasteiger partial charge in [-0.25, -0.2) is 9.34 Å². The molecule has 0 radical (unpaired) electrons. The highest BCUT2D eigenvalue weighted by Gasteiger charge is 2.41. The molecule has 2 saturated heterocycles. The molecule has 0 aromatic rings. The lowest BCUT2D eigenvalue weighted by Crippen LogP contribution is -2.48. The van der Waals surface area contributed by atoms with E-state index in [0.717, 1.165) is 12.8 Å². The Hall–Kier alpha value is 0.0300. The van der Waals surface area contributed by atoms with Gasteiger partial charge in [0, 0.05) is 25.7 Å². The number of nitrogens with zero attached hydrogens (tertiary/aromatic N) is 2. The smallest absolute Gasteiger partial charge is 0.344 e. The third-order valence-corrected chi connectivity index (χ3v) is 7.86. The molecule has 2 aliphatic rings. The zero-order valence-electron chi connectivity index (χ0n) is 16.6. The first-order valence-electron chi connectivity index (χ1n) is 10.7. The summed E-state index contributed by atoms with van der Waals surface area (Å²) in [5, 5.41) is 0. The first-order valence-corrected chi connectivity index (χ1v) is 12.2. The van der Waals surface area contributed by atoms with E-state index in [9.17, 15) is 9.46 Å². The van der Waals surface area contributed by atoms with Crippen molar-refractivity contribution in [2.24, 2.45) is 0 Å². The van der Waals surface area contributed by atoms with Crippen molar-refractivity contribution >= 4 is 7.67 Å². The number of ether oxygens (including phenoxy) is 2. The van der Waals surface area contributed by atoms with Crippen LogP contribution in [0.5, 0.6) is 0 Å². The van der Waals surface area contributed by atoms with Crippen LogP contribution in [-0.4, -0.2) is 66.3 Å². The molecule has 0 aromatic heterocycles. The van der Waals surface area contributed by atoms with Crippen LogP contribution in [0.1, 0.15) is 71.1 Å². The maximum Gasteiger partial charge on any atom is 0.344 e. The van der Waals surface area contributed by atoms with Gasteiger partial charge in [-0.05, 0) is 6.42 Å². The van der Waals surface area contributed by atoms with Crippen LogP contribution in [0.4, 0.5) is 0 Å². The van der Waals surface area contributed by atoms with E-state index < -0.39 is 7.67 Å². The predicted molar refractivity (Wildman–Crippen MR) is 105 cm³/mol. The van der Waals surface area contributed by atoms with Crippen molar-refractivity contribution in [2.45, 2.75) is 77.2 Å². The lowest BCUT2D eigenvalue weighted by atomic mass is 10.0. The maximum absolute atomic E-state index is 13.1. The Kier molecular flexibility index (Phi) is 10.7. The lowest BCUT2D eigenvalue weighted by molar-refractivity contribution is 0.0109. The molecule has 2 rings (SSSR count). The third kappa shape index (κ3) is 7.21. The second-order valence-electron chi connectivity index (χ2n) is 7.59. The standard InChI is InChI=1S/C19H39N2O4P/c1-2-3-4-5-6-7-8-9-10-11-19-18-25-17-14-21(19)26(22,23)20-12-15-24-16-13-20/h19H,2-18H2,1H3,(H,22,23). The molecular weight excluding hydrogens is 351 g/mol. The molecule has 7 heteroatoms. The summed E-state index contributed by atoms with van der Waals surface area (Å²) in [4.78, 5) is 10.8. The normalized spacial score (nSPS) is 25.2. The van der Waals surface area contributed by atoms with Crippen molar-refractivity contribution in [3.05, 3.63) is 0 Å². The molecule has 0 amide bonds. The lowest BCUT2D eigenvalue weighted by Gasteiger charge is -2.42. The van der Waals surface area contributed by atoms with Gasteiger partial charge in [0.25, 0.3) is 0 Å². The fourth-order valence-corrected chi connectivity index (χ4v) is 5.85. The summed E-state index contributed by atoms with van der Waals surface area (Å²) in [6.07, 6.45) is 12.6. The third-order valence-electron chi connectivity index (χ3n) is 5.53. The van der Waals surface area contributed by atoms with Gasteiger partial charge in [-0.3, -0.25) is 4.57 Å². The average molecular weight is 391 g/mol. The molecule has 26 heavy (non-hydrogen) atoms. The summed E-state index contributed by atoms with van der Waals surface area (Å²) in [5.74, 6) is 0. The first kappa shape index (κ1) is 22.3. The second kappa shape index (κ2) is 12.5. The molecule has 0 spiro atoms. The Morgan fingerprint density at radius 3 is 2.12 bits per heavy atom. The van der Waals surface area contributed by atoms with E-state index >= 15 is 0 Å². The Labute approximate surface area is 159 Å². The number of hydrogen-bond donors (Lipinski definition) is 1. The summed E-state index contributed by atoms with van der Waals surface area (Å²) in [5.41, 5.74) is 0. The van der Waals surface area contributed by atoms with Crippen LogP contribution in [0.3, 0.4) is 0 Å². The van der Waals surface area contributed by atoms with Crippen molar-refractivity contribution in [2.75, 3.05) is 46.1 Å². The Morgan fingerprint density at radius 1 is 0.885 bits per heavy atom. The Morgan fingerprint density at radius 2 is 1.46 bits per heavy atom. The van der Waals surface area contributed by atoms with Crippen molar-refractivity contribution < 1.29 is 18.9 Å². The molecule has 2 atom stereocenters. The van der Waals surface area contributed by atoms with Crippen LogP contribution in [0, 0.1) is 0 Å². The molecule has 0 aliphatic carbocycles. The van der Waals surface area contributed by atoms with E-state index in [1.807, 2.05) is 4.67 Å². The minimum atomic E-state index is -3.47. The zero-order valence-corrected chi connectivity index (χ0v) is 17.5. The van der Waals surface area contributed by atoms with Gasteiger partial charge in [0.2, 0.25) is 0 Å². The SMILES string of the molecule is CCCCCCCCCCCC1COCCN1P(=O)(O)N1CCOCC1. The summed E-state index contributed by atoms with van der Waals surface area (Å²) in [7, 11) is -3.47. The largest absolute Gasteiger partial charge is 0.379 e.